The van der Waals surface area contributed by atoms with Gasteiger partial charge in [0.2, 0.25) is 0 Å². The predicted molar refractivity (Wildman–Crippen MR) is 54.2 cm³/mol. The molecule has 0 heterocycles. The van der Waals surface area contributed by atoms with Crippen molar-refractivity contribution in [3.8, 4) is 0 Å². The van der Waals surface area contributed by atoms with Crippen LogP contribution in [-0.4, -0.2) is 17.4 Å². The van der Waals surface area contributed by atoms with Gasteiger partial charge in [0.25, 0.3) is 0 Å². The summed E-state index contributed by atoms with van der Waals surface area (Å²) in [7, 11) is 0.397. The van der Waals surface area contributed by atoms with Gasteiger partial charge in [0.05, 0.1) is 0 Å². The first-order chi connectivity index (χ1) is 4.72. The third-order valence-corrected chi connectivity index (χ3v) is 3.40. The Hall–Kier alpha value is 0.220. The molecule has 10 heavy (non-hydrogen) atoms. The van der Waals surface area contributed by atoms with Crippen LogP contribution in [0, 0.1) is 0 Å². The highest BCUT2D eigenvalue weighted by atomic mass is 32.2. The van der Waals surface area contributed by atoms with E-state index in [2.05, 4.69) is 26.0 Å². The van der Waals surface area contributed by atoms with Crippen LogP contribution in [0.25, 0.3) is 0 Å². The molecule has 0 aromatic rings. The molecular weight excluding hydrogens is 140 g/mol. The van der Waals surface area contributed by atoms with E-state index in [1.54, 1.807) is 0 Å². The molecule has 1 unspecified atom stereocenters. The van der Waals surface area contributed by atoms with Crippen LogP contribution in [0.3, 0.4) is 0 Å². The average Bonchev–Trinajstić information content (AvgIpc) is 1.87. The quantitative estimate of drug-likeness (QED) is 0.541. The van der Waals surface area contributed by atoms with Gasteiger partial charge in [0.1, 0.15) is 0 Å². The molecule has 0 fully saturated rings. The third-order valence-electron chi connectivity index (χ3n) is 1.79. The second kappa shape index (κ2) is 5.96. The van der Waals surface area contributed by atoms with Crippen LogP contribution in [0.4, 0.5) is 0 Å². The van der Waals surface area contributed by atoms with Crippen molar-refractivity contribution in [3.63, 3.8) is 0 Å². The van der Waals surface area contributed by atoms with Crippen molar-refractivity contribution in [2.75, 3.05) is 6.26 Å². The molecule has 0 N–H and O–H groups in total. The first kappa shape index (κ1) is 10.2. The molecular formula is C9H20S. The minimum Gasteiger partial charge on any atom is -0.193 e. The van der Waals surface area contributed by atoms with Crippen LogP contribution < -0.4 is 0 Å². The first-order valence-electron chi connectivity index (χ1n) is 4.16. The minimum atomic E-state index is 0.397. The Labute approximate surface area is 68.0 Å². The smallest absolute Gasteiger partial charge is 0.00109 e. The molecule has 0 aliphatic carbocycles. The van der Waals surface area contributed by atoms with Crippen LogP contribution >= 0.6 is 10.5 Å². The van der Waals surface area contributed by atoms with Crippen molar-refractivity contribution < 1.29 is 0 Å². The van der Waals surface area contributed by atoms with Gasteiger partial charge in [-0.1, -0.05) is 32.6 Å². The van der Waals surface area contributed by atoms with Gasteiger partial charge in [-0.25, -0.2) is 0 Å². The van der Waals surface area contributed by atoms with Gasteiger partial charge in [-0.05, 0) is 24.3 Å². The van der Waals surface area contributed by atoms with Crippen molar-refractivity contribution in [1.29, 1.82) is 0 Å². The summed E-state index contributed by atoms with van der Waals surface area (Å²) in [6, 6.07) is 0. The molecule has 0 nitrogen and oxygen atoms in total. The lowest BCUT2D eigenvalue weighted by atomic mass is 10.2. The van der Waals surface area contributed by atoms with Crippen LogP contribution in [0.15, 0.2) is 0 Å². The SMILES string of the molecule is C=S(C)C(CCC)CCC. The highest BCUT2D eigenvalue weighted by Crippen LogP contribution is 2.22. The first-order valence-corrected chi connectivity index (χ1v) is 6.03. The highest BCUT2D eigenvalue weighted by molar-refractivity contribution is 8.14. The molecule has 0 spiro atoms. The molecule has 0 amide bonds. The fraction of sp³-hybridized carbons (Fsp3) is 0.889. The van der Waals surface area contributed by atoms with Gasteiger partial charge in [-0.3, -0.25) is 0 Å². The fourth-order valence-electron chi connectivity index (χ4n) is 1.19. The van der Waals surface area contributed by atoms with E-state index in [0.29, 0.717) is 10.5 Å². The summed E-state index contributed by atoms with van der Waals surface area (Å²) in [4.78, 5) is 0. The van der Waals surface area contributed by atoms with E-state index in [0.717, 1.165) is 5.25 Å². The summed E-state index contributed by atoms with van der Waals surface area (Å²) in [6.07, 6.45) is 7.64. The largest absolute Gasteiger partial charge is 0.193 e. The summed E-state index contributed by atoms with van der Waals surface area (Å²) >= 11 is 0. The fourth-order valence-corrected chi connectivity index (χ4v) is 2.47. The van der Waals surface area contributed by atoms with Crippen molar-refractivity contribution in [2.24, 2.45) is 0 Å². The average molecular weight is 160 g/mol. The van der Waals surface area contributed by atoms with Gasteiger partial charge >= 0.3 is 0 Å². The Morgan fingerprint density at radius 2 is 1.60 bits per heavy atom. The van der Waals surface area contributed by atoms with Crippen molar-refractivity contribution in [1.82, 2.24) is 0 Å². The Balaban J connectivity index is 3.61. The van der Waals surface area contributed by atoms with Crippen molar-refractivity contribution >= 4 is 16.4 Å². The Bertz CT molecular complexity index is 90.9. The molecule has 1 heteroatoms. The Morgan fingerprint density at radius 3 is 1.80 bits per heavy atom. The molecule has 0 saturated heterocycles. The van der Waals surface area contributed by atoms with E-state index >= 15 is 0 Å². The maximum atomic E-state index is 4.10. The van der Waals surface area contributed by atoms with Crippen molar-refractivity contribution in [2.45, 2.75) is 44.8 Å². The molecule has 0 bridgehead atoms. The summed E-state index contributed by atoms with van der Waals surface area (Å²) < 4.78 is 0. The van der Waals surface area contributed by atoms with Crippen LogP contribution in [-0.2, 0) is 0 Å². The monoisotopic (exact) mass is 160 g/mol. The number of rotatable bonds is 5. The molecule has 0 rings (SSSR count). The summed E-state index contributed by atoms with van der Waals surface area (Å²) in [5, 5.41) is 0.898. The zero-order valence-corrected chi connectivity index (χ0v) is 8.34. The molecule has 0 radical (unpaired) electrons. The standard InChI is InChI=1S/C9H20S/c1-5-7-9(8-6-2)10(3)4/h9H,3,5-8H2,1-2,4H3. The van der Waals surface area contributed by atoms with E-state index in [9.17, 15) is 0 Å². The van der Waals surface area contributed by atoms with Gasteiger partial charge in [-0.2, -0.15) is 10.5 Å². The molecule has 0 aromatic heterocycles. The second-order valence-corrected chi connectivity index (χ2v) is 4.94. The van der Waals surface area contributed by atoms with Crippen LogP contribution in [0.1, 0.15) is 39.5 Å². The molecule has 62 valence electrons. The van der Waals surface area contributed by atoms with E-state index in [-0.39, 0.29) is 0 Å². The van der Waals surface area contributed by atoms with E-state index in [4.69, 9.17) is 0 Å². The van der Waals surface area contributed by atoms with Crippen LogP contribution in [0.2, 0.25) is 0 Å². The summed E-state index contributed by atoms with van der Waals surface area (Å²) in [5.41, 5.74) is 0. The Kier molecular flexibility index (Phi) is 6.10. The molecule has 0 aliphatic rings. The predicted octanol–water partition coefficient (Wildman–Crippen LogP) is 3.29. The third kappa shape index (κ3) is 4.10. The summed E-state index contributed by atoms with van der Waals surface area (Å²) in [6.45, 7) is 4.52. The highest BCUT2D eigenvalue weighted by Gasteiger charge is 2.04. The maximum Gasteiger partial charge on any atom is -0.00109 e. The second-order valence-electron chi connectivity index (χ2n) is 2.89. The zero-order chi connectivity index (χ0) is 7.98. The lowest BCUT2D eigenvalue weighted by Crippen LogP contribution is -2.02. The molecule has 0 aliphatic heterocycles. The van der Waals surface area contributed by atoms with Gasteiger partial charge in [0.15, 0.2) is 0 Å². The molecule has 0 saturated carbocycles. The van der Waals surface area contributed by atoms with Gasteiger partial charge in [0, 0.05) is 0 Å². The minimum absolute atomic E-state index is 0.397. The molecule has 0 aromatic carbocycles. The summed E-state index contributed by atoms with van der Waals surface area (Å²) in [5.74, 6) is 4.10. The van der Waals surface area contributed by atoms with Crippen molar-refractivity contribution in [3.05, 3.63) is 0 Å². The lowest BCUT2D eigenvalue weighted by Gasteiger charge is -2.15. The van der Waals surface area contributed by atoms with E-state index in [1.807, 2.05) is 0 Å². The van der Waals surface area contributed by atoms with E-state index in [1.165, 1.54) is 25.7 Å². The number of hydrogen-bond donors (Lipinski definition) is 0. The lowest BCUT2D eigenvalue weighted by molar-refractivity contribution is 0.673. The number of hydrogen-bond acceptors (Lipinski definition) is 0. The van der Waals surface area contributed by atoms with Gasteiger partial charge < -0.3 is 0 Å². The Morgan fingerprint density at radius 1 is 1.20 bits per heavy atom. The maximum absolute atomic E-state index is 4.10. The normalized spacial score (nSPS) is 14.0. The topological polar surface area (TPSA) is 0 Å². The zero-order valence-electron chi connectivity index (χ0n) is 7.52. The van der Waals surface area contributed by atoms with Gasteiger partial charge in [-0.15, -0.1) is 0 Å². The van der Waals surface area contributed by atoms with E-state index < -0.39 is 0 Å². The van der Waals surface area contributed by atoms with Crippen LogP contribution in [0.5, 0.6) is 0 Å². The molecule has 1 atom stereocenters.